The first-order valence-electron chi connectivity index (χ1n) is 6.56. The summed E-state index contributed by atoms with van der Waals surface area (Å²) < 4.78 is 5.65. The van der Waals surface area contributed by atoms with Crippen molar-refractivity contribution in [3.05, 3.63) is 36.0 Å². The van der Waals surface area contributed by atoms with Crippen LogP contribution in [0.2, 0.25) is 0 Å². The number of hydrogen-bond acceptors (Lipinski definition) is 3. The Balaban J connectivity index is 2.54. The minimum absolute atomic E-state index is 0.482. The van der Waals surface area contributed by atoms with Crippen LogP contribution in [0.15, 0.2) is 24.8 Å². The van der Waals surface area contributed by atoms with Crippen LogP contribution in [0, 0.1) is 6.92 Å². The maximum absolute atomic E-state index is 5.65. The van der Waals surface area contributed by atoms with Gasteiger partial charge in [0.1, 0.15) is 0 Å². The third kappa shape index (κ3) is 5.82. The molecule has 18 heavy (non-hydrogen) atoms. The van der Waals surface area contributed by atoms with Gasteiger partial charge in [-0.1, -0.05) is 19.9 Å². The molecule has 3 heteroatoms. The monoisotopic (exact) mass is 248 g/mol. The Hall–Kier alpha value is -1.35. The second kappa shape index (κ2) is 7.88. The number of ether oxygens (including phenoxy) is 1. The van der Waals surface area contributed by atoms with E-state index in [2.05, 4.69) is 36.8 Å². The van der Waals surface area contributed by atoms with Crippen molar-refractivity contribution < 1.29 is 4.74 Å². The van der Waals surface area contributed by atoms with E-state index in [1.165, 1.54) is 5.56 Å². The number of allylic oxidation sites excluding steroid dienone is 1. The number of nitrogens with zero attached hydrogens (tertiary/aromatic N) is 1. The number of nitrogens with one attached hydrogen (secondary N) is 1. The molecule has 0 aromatic carbocycles. The molecule has 0 bridgehead atoms. The molecule has 0 aliphatic rings. The van der Waals surface area contributed by atoms with Gasteiger partial charge in [-0.3, -0.25) is 0 Å². The fourth-order valence-electron chi connectivity index (χ4n) is 1.61. The highest BCUT2D eigenvalue weighted by atomic mass is 16.5. The molecule has 1 heterocycles. The van der Waals surface area contributed by atoms with Gasteiger partial charge >= 0.3 is 0 Å². The van der Waals surface area contributed by atoms with E-state index in [0.29, 0.717) is 12.6 Å². The van der Waals surface area contributed by atoms with Crippen molar-refractivity contribution in [2.75, 3.05) is 6.61 Å². The van der Waals surface area contributed by atoms with Crippen molar-refractivity contribution in [2.45, 2.75) is 46.2 Å². The van der Waals surface area contributed by atoms with Crippen LogP contribution in [-0.4, -0.2) is 17.6 Å². The lowest BCUT2D eigenvalue weighted by Crippen LogP contribution is -2.22. The highest BCUT2D eigenvalue weighted by Gasteiger charge is 2.02. The topological polar surface area (TPSA) is 34.1 Å². The number of pyridine rings is 1. The number of unbranched alkanes of at least 4 members (excludes halogenated alkanes) is 1. The van der Waals surface area contributed by atoms with Crippen molar-refractivity contribution in [3.63, 3.8) is 0 Å². The van der Waals surface area contributed by atoms with Crippen LogP contribution in [0.3, 0.4) is 0 Å². The summed E-state index contributed by atoms with van der Waals surface area (Å²) in [6, 6.07) is 4.58. The Morgan fingerprint density at radius 1 is 1.44 bits per heavy atom. The summed E-state index contributed by atoms with van der Waals surface area (Å²) in [5, 5.41) is 3.40. The molecule has 0 saturated heterocycles. The predicted molar refractivity (Wildman–Crippen MR) is 75.9 cm³/mol. The number of aromatic nitrogens is 1. The van der Waals surface area contributed by atoms with Gasteiger partial charge in [-0.05, 0) is 31.4 Å². The summed E-state index contributed by atoms with van der Waals surface area (Å²) in [7, 11) is 0. The molecule has 0 saturated carbocycles. The molecular formula is C15H24N2O. The molecule has 0 unspecified atom stereocenters. The second-order valence-electron chi connectivity index (χ2n) is 4.77. The van der Waals surface area contributed by atoms with Gasteiger partial charge in [-0.2, -0.15) is 0 Å². The molecule has 0 fully saturated rings. The van der Waals surface area contributed by atoms with Crippen LogP contribution in [-0.2, 0) is 6.54 Å². The van der Waals surface area contributed by atoms with Gasteiger partial charge in [-0.15, -0.1) is 6.58 Å². The predicted octanol–water partition coefficient (Wildman–Crippen LogP) is 3.23. The van der Waals surface area contributed by atoms with Crippen molar-refractivity contribution in [1.29, 1.82) is 0 Å². The molecule has 0 radical (unpaired) electrons. The minimum Gasteiger partial charge on any atom is -0.478 e. The van der Waals surface area contributed by atoms with E-state index in [1.807, 2.05) is 19.1 Å². The van der Waals surface area contributed by atoms with E-state index >= 15 is 0 Å². The van der Waals surface area contributed by atoms with Crippen LogP contribution < -0.4 is 10.1 Å². The van der Waals surface area contributed by atoms with Crippen LogP contribution in [0.5, 0.6) is 5.88 Å². The maximum atomic E-state index is 5.65. The zero-order valence-corrected chi connectivity index (χ0v) is 11.7. The quantitative estimate of drug-likeness (QED) is 0.566. The van der Waals surface area contributed by atoms with E-state index in [0.717, 1.165) is 31.0 Å². The van der Waals surface area contributed by atoms with E-state index in [4.69, 9.17) is 4.74 Å². The van der Waals surface area contributed by atoms with E-state index in [9.17, 15) is 0 Å². The van der Waals surface area contributed by atoms with E-state index < -0.39 is 0 Å². The number of rotatable bonds is 8. The highest BCUT2D eigenvalue weighted by Crippen LogP contribution is 2.13. The Morgan fingerprint density at radius 3 is 2.89 bits per heavy atom. The molecule has 0 atom stereocenters. The summed E-state index contributed by atoms with van der Waals surface area (Å²) in [6.07, 6.45) is 3.87. The Bertz CT molecular complexity index is 375. The lowest BCUT2D eigenvalue weighted by Gasteiger charge is -2.11. The summed E-state index contributed by atoms with van der Waals surface area (Å²) in [5.41, 5.74) is 2.21. The molecule has 1 aromatic rings. The molecule has 3 nitrogen and oxygen atoms in total. The zero-order valence-electron chi connectivity index (χ0n) is 11.7. The van der Waals surface area contributed by atoms with E-state index in [1.54, 1.807) is 0 Å². The second-order valence-corrected chi connectivity index (χ2v) is 4.77. The van der Waals surface area contributed by atoms with Gasteiger partial charge in [0, 0.05) is 24.3 Å². The molecule has 0 amide bonds. The lowest BCUT2D eigenvalue weighted by atomic mass is 10.2. The molecule has 1 rings (SSSR count). The number of aryl methyl sites for hydroxylation is 1. The summed E-state index contributed by atoms with van der Waals surface area (Å²) in [6.45, 7) is 11.5. The maximum Gasteiger partial charge on any atom is 0.213 e. The van der Waals surface area contributed by atoms with Crippen LogP contribution in [0.1, 0.15) is 37.9 Å². The first-order valence-corrected chi connectivity index (χ1v) is 6.56. The molecule has 1 N–H and O–H groups in total. The van der Waals surface area contributed by atoms with Gasteiger partial charge in [0.05, 0.1) is 6.61 Å². The van der Waals surface area contributed by atoms with Crippen molar-refractivity contribution in [2.24, 2.45) is 0 Å². The lowest BCUT2D eigenvalue weighted by molar-refractivity contribution is 0.299. The van der Waals surface area contributed by atoms with Crippen LogP contribution in [0.25, 0.3) is 0 Å². The van der Waals surface area contributed by atoms with Gasteiger partial charge < -0.3 is 10.1 Å². The largest absolute Gasteiger partial charge is 0.478 e. The smallest absolute Gasteiger partial charge is 0.213 e. The normalized spacial score (nSPS) is 10.7. The van der Waals surface area contributed by atoms with Gasteiger partial charge in [-0.25, -0.2) is 4.98 Å². The zero-order chi connectivity index (χ0) is 13.4. The molecule has 0 aliphatic carbocycles. The Kier molecular flexibility index (Phi) is 6.44. The van der Waals surface area contributed by atoms with Crippen molar-refractivity contribution >= 4 is 0 Å². The van der Waals surface area contributed by atoms with Gasteiger partial charge in [0.15, 0.2) is 0 Å². The van der Waals surface area contributed by atoms with Crippen molar-refractivity contribution in [3.8, 4) is 5.88 Å². The molecular weight excluding hydrogens is 224 g/mol. The number of hydrogen-bond donors (Lipinski definition) is 1. The van der Waals surface area contributed by atoms with E-state index in [-0.39, 0.29) is 0 Å². The SMILES string of the molecule is C=CCCCOc1cc(CNC(C)C)cc(C)n1. The molecule has 0 spiro atoms. The minimum atomic E-state index is 0.482. The van der Waals surface area contributed by atoms with Gasteiger partial charge in [0.25, 0.3) is 0 Å². The van der Waals surface area contributed by atoms with Crippen molar-refractivity contribution in [1.82, 2.24) is 10.3 Å². The first kappa shape index (κ1) is 14.7. The summed E-state index contributed by atoms with van der Waals surface area (Å²) in [4.78, 5) is 4.38. The summed E-state index contributed by atoms with van der Waals surface area (Å²) >= 11 is 0. The average Bonchev–Trinajstić information content (AvgIpc) is 2.32. The van der Waals surface area contributed by atoms with Gasteiger partial charge in [0.2, 0.25) is 5.88 Å². The first-order chi connectivity index (χ1) is 8.61. The molecule has 1 aromatic heterocycles. The highest BCUT2D eigenvalue weighted by molar-refractivity contribution is 5.24. The molecule has 100 valence electrons. The molecule has 0 aliphatic heterocycles. The average molecular weight is 248 g/mol. The Morgan fingerprint density at radius 2 is 2.22 bits per heavy atom. The fraction of sp³-hybridized carbons (Fsp3) is 0.533. The van der Waals surface area contributed by atoms with Crippen LogP contribution in [0.4, 0.5) is 0 Å². The fourth-order valence-corrected chi connectivity index (χ4v) is 1.61. The Labute approximate surface area is 110 Å². The summed E-state index contributed by atoms with van der Waals surface area (Å²) in [5.74, 6) is 0.722. The third-order valence-corrected chi connectivity index (χ3v) is 2.51. The standard InChI is InChI=1S/C15H24N2O/c1-5-6-7-8-18-15-10-14(9-13(4)17-15)11-16-12(2)3/h5,9-10,12,16H,1,6-8,11H2,2-4H3. The third-order valence-electron chi connectivity index (χ3n) is 2.51. The van der Waals surface area contributed by atoms with Crippen LogP contribution >= 0.6 is 0 Å².